The number of nitriles is 2. The fourth-order valence-electron chi connectivity index (χ4n) is 2.69. The summed E-state index contributed by atoms with van der Waals surface area (Å²) in [5.41, 5.74) is -0.787. The van der Waals surface area contributed by atoms with Crippen molar-refractivity contribution in [1.82, 2.24) is 0 Å². The molecule has 162 valence electrons. The monoisotopic (exact) mass is 444 g/mol. The summed E-state index contributed by atoms with van der Waals surface area (Å²) in [6, 6.07) is 13.5. The van der Waals surface area contributed by atoms with Gasteiger partial charge in [-0.25, -0.2) is 8.78 Å². The molecule has 3 rings (SSSR count). The van der Waals surface area contributed by atoms with Crippen LogP contribution in [0.1, 0.15) is 27.8 Å². The van der Waals surface area contributed by atoms with Gasteiger partial charge in [0.1, 0.15) is 36.3 Å². The second-order valence-corrected chi connectivity index (χ2v) is 6.60. The Labute approximate surface area is 179 Å². The molecule has 0 N–H and O–H groups in total. The third kappa shape index (κ3) is 5.52. The summed E-state index contributed by atoms with van der Waals surface area (Å²) in [6.07, 6.45) is -4.71. The van der Waals surface area contributed by atoms with Gasteiger partial charge >= 0.3 is 6.18 Å². The van der Waals surface area contributed by atoms with Gasteiger partial charge < -0.3 is 9.47 Å². The van der Waals surface area contributed by atoms with Gasteiger partial charge in [-0.05, 0) is 36.4 Å². The molecule has 0 amide bonds. The van der Waals surface area contributed by atoms with Crippen molar-refractivity contribution < 1.29 is 31.4 Å². The van der Waals surface area contributed by atoms with E-state index in [2.05, 4.69) is 0 Å². The quantitative estimate of drug-likeness (QED) is 0.445. The number of benzene rings is 3. The second-order valence-electron chi connectivity index (χ2n) is 6.60. The highest BCUT2D eigenvalue weighted by Gasteiger charge is 2.32. The van der Waals surface area contributed by atoms with Crippen LogP contribution in [0.15, 0.2) is 54.6 Å². The maximum Gasteiger partial charge on any atom is 0.416 e. The number of alkyl halides is 3. The SMILES string of the molecule is N#Cc1ccc(COc2cc(OCc3ccc(C#N)cc3F)cc(C(F)(F)F)c2)c(F)c1. The zero-order valence-corrected chi connectivity index (χ0v) is 16.2. The van der Waals surface area contributed by atoms with Crippen molar-refractivity contribution in [2.75, 3.05) is 0 Å². The van der Waals surface area contributed by atoms with Gasteiger partial charge in [-0.3, -0.25) is 0 Å². The summed E-state index contributed by atoms with van der Waals surface area (Å²) in [4.78, 5) is 0. The maximum atomic E-state index is 14.0. The fourth-order valence-corrected chi connectivity index (χ4v) is 2.69. The first kappa shape index (κ1) is 22.6. The molecule has 3 aromatic rings. The summed E-state index contributed by atoms with van der Waals surface area (Å²) in [5.74, 6) is -1.94. The Balaban J connectivity index is 1.81. The van der Waals surface area contributed by atoms with Crippen LogP contribution in [-0.2, 0) is 19.4 Å². The predicted octanol–water partition coefficient (Wildman–Crippen LogP) is 5.88. The molecule has 0 radical (unpaired) electrons. The number of halogens is 5. The molecule has 3 aromatic carbocycles. The molecule has 0 aromatic heterocycles. The Morgan fingerprint density at radius 1 is 0.688 bits per heavy atom. The van der Waals surface area contributed by atoms with Crippen LogP contribution in [0.4, 0.5) is 22.0 Å². The van der Waals surface area contributed by atoms with E-state index in [1.165, 1.54) is 30.3 Å². The first-order chi connectivity index (χ1) is 15.2. The Morgan fingerprint density at radius 3 is 1.47 bits per heavy atom. The smallest absolute Gasteiger partial charge is 0.416 e. The van der Waals surface area contributed by atoms with E-state index in [1.54, 1.807) is 12.1 Å². The summed E-state index contributed by atoms with van der Waals surface area (Å²) in [5, 5.41) is 17.5. The van der Waals surface area contributed by atoms with Gasteiger partial charge in [0.2, 0.25) is 0 Å². The molecule has 0 saturated carbocycles. The molecule has 0 aliphatic rings. The minimum absolute atomic E-state index is 0.0449. The van der Waals surface area contributed by atoms with Gasteiger partial charge in [-0.15, -0.1) is 0 Å². The summed E-state index contributed by atoms with van der Waals surface area (Å²) >= 11 is 0. The average Bonchev–Trinajstić information content (AvgIpc) is 2.76. The highest BCUT2D eigenvalue weighted by atomic mass is 19.4. The first-order valence-corrected chi connectivity index (χ1v) is 9.04. The highest BCUT2D eigenvalue weighted by molar-refractivity contribution is 5.41. The lowest BCUT2D eigenvalue weighted by atomic mass is 10.1. The lowest BCUT2D eigenvalue weighted by molar-refractivity contribution is -0.137. The standard InChI is InChI=1S/C23H13F5N2O2/c24-21-5-14(10-29)1-3-16(21)12-31-19-7-18(23(26,27)28)8-20(9-19)32-13-17-4-2-15(11-30)6-22(17)25/h1-9H,12-13H2. The van der Waals surface area contributed by atoms with Gasteiger partial charge in [0.25, 0.3) is 0 Å². The van der Waals surface area contributed by atoms with Gasteiger partial charge in [0.05, 0.1) is 28.8 Å². The van der Waals surface area contributed by atoms with Crippen molar-refractivity contribution >= 4 is 0 Å². The summed E-state index contributed by atoms with van der Waals surface area (Å²) < 4.78 is 78.5. The Morgan fingerprint density at radius 2 is 1.12 bits per heavy atom. The molecule has 0 heterocycles. The topological polar surface area (TPSA) is 66.0 Å². The van der Waals surface area contributed by atoms with E-state index in [1.807, 2.05) is 0 Å². The van der Waals surface area contributed by atoms with E-state index in [-0.39, 0.29) is 47.0 Å². The molecule has 0 unspecified atom stereocenters. The lowest BCUT2D eigenvalue weighted by Crippen LogP contribution is -2.07. The molecule has 9 heteroatoms. The van der Waals surface area contributed by atoms with Crippen LogP contribution in [0, 0.1) is 34.3 Å². The van der Waals surface area contributed by atoms with Crippen LogP contribution in [0.5, 0.6) is 11.5 Å². The molecular weight excluding hydrogens is 431 g/mol. The molecule has 32 heavy (non-hydrogen) atoms. The average molecular weight is 444 g/mol. The second kappa shape index (κ2) is 9.36. The van der Waals surface area contributed by atoms with Crippen molar-refractivity contribution in [3.05, 3.63) is 94.0 Å². The van der Waals surface area contributed by atoms with E-state index in [0.717, 1.165) is 24.3 Å². The Kier molecular flexibility index (Phi) is 6.60. The molecule has 0 atom stereocenters. The van der Waals surface area contributed by atoms with E-state index in [4.69, 9.17) is 20.0 Å². The molecule has 0 aliphatic heterocycles. The third-order valence-corrected chi connectivity index (χ3v) is 4.36. The van der Waals surface area contributed by atoms with Crippen molar-refractivity contribution in [3.63, 3.8) is 0 Å². The number of hydrogen-bond acceptors (Lipinski definition) is 4. The third-order valence-electron chi connectivity index (χ3n) is 4.36. The Hall–Kier alpha value is -4.11. The summed E-state index contributed by atoms with van der Waals surface area (Å²) in [7, 11) is 0. The Bertz CT molecular complexity index is 1140. The molecule has 0 bridgehead atoms. The molecule has 0 aliphatic carbocycles. The highest BCUT2D eigenvalue weighted by Crippen LogP contribution is 2.35. The fraction of sp³-hybridized carbons (Fsp3) is 0.130. The van der Waals surface area contributed by atoms with Crippen LogP contribution in [0.25, 0.3) is 0 Å². The van der Waals surface area contributed by atoms with E-state index in [9.17, 15) is 22.0 Å². The minimum atomic E-state index is -4.71. The van der Waals surface area contributed by atoms with Crippen LogP contribution >= 0.6 is 0 Å². The largest absolute Gasteiger partial charge is 0.489 e. The van der Waals surface area contributed by atoms with E-state index >= 15 is 0 Å². The van der Waals surface area contributed by atoms with Gasteiger partial charge in [-0.2, -0.15) is 23.7 Å². The van der Waals surface area contributed by atoms with Crippen molar-refractivity contribution in [3.8, 4) is 23.6 Å². The zero-order valence-electron chi connectivity index (χ0n) is 16.2. The van der Waals surface area contributed by atoms with Gasteiger partial charge in [0.15, 0.2) is 0 Å². The molecule has 4 nitrogen and oxygen atoms in total. The molecule has 0 fully saturated rings. The van der Waals surface area contributed by atoms with E-state index < -0.39 is 23.4 Å². The molecule has 0 spiro atoms. The van der Waals surface area contributed by atoms with Crippen molar-refractivity contribution in [2.24, 2.45) is 0 Å². The van der Waals surface area contributed by atoms with Gasteiger partial charge in [-0.1, -0.05) is 12.1 Å². The van der Waals surface area contributed by atoms with Crippen molar-refractivity contribution in [2.45, 2.75) is 19.4 Å². The lowest BCUT2D eigenvalue weighted by Gasteiger charge is -2.14. The zero-order chi connectivity index (χ0) is 23.3. The number of nitrogens with zero attached hydrogens (tertiary/aromatic N) is 2. The van der Waals surface area contributed by atoms with Crippen LogP contribution < -0.4 is 9.47 Å². The number of rotatable bonds is 6. The van der Waals surface area contributed by atoms with Crippen molar-refractivity contribution in [1.29, 1.82) is 10.5 Å². The number of ether oxygens (including phenoxy) is 2. The maximum absolute atomic E-state index is 14.0. The normalized spacial score (nSPS) is 10.8. The molecular formula is C23H13F5N2O2. The van der Waals surface area contributed by atoms with Gasteiger partial charge in [0, 0.05) is 17.2 Å². The van der Waals surface area contributed by atoms with Crippen LogP contribution in [-0.4, -0.2) is 0 Å². The van der Waals surface area contributed by atoms with Crippen LogP contribution in [0.3, 0.4) is 0 Å². The molecule has 0 saturated heterocycles. The van der Waals surface area contributed by atoms with Crippen LogP contribution in [0.2, 0.25) is 0 Å². The summed E-state index contributed by atoms with van der Waals surface area (Å²) in [6.45, 7) is -0.773. The predicted molar refractivity (Wildman–Crippen MR) is 102 cm³/mol. The number of hydrogen-bond donors (Lipinski definition) is 0. The van der Waals surface area contributed by atoms with E-state index in [0.29, 0.717) is 0 Å². The first-order valence-electron chi connectivity index (χ1n) is 9.04. The minimum Gasteiger partial charge on any atom is -0.489 e.